The third-order valence-corrected chi connectivity index (χ3v) is 3.63. The lowest BCUT2D eigenvalue weighted by molar-refractivity contribution is 0.579. The van der Waals surface area contributed by atoms with E-state index in [0.29, 0.717) is 0 Å². The van der Waals surface area contributed by atoms with E-state index in [9.17, 15) is 0 Å². The molecule has 0 unspecified atom stereocenters. The number of nitrogens with one attached hydrogen (secondary N) is 1. The normalized spacial score (nSPS) is 10.6. The monoisotopic (exact) mass is 270 g/mol. The zero-order valence-electron chi connectivity index (χ0n) is 10.8. The van der Waals surface area contributed by atoms with Crippen LogP contribution in [0.3, 0.4) is 0 Å². The maximum atomic E-state index is 5.45. The van der Waals surface area contributed by atoms with Crippen molar-refractivity contribution in [3.05, 3.63) is 53.1 Å². The van der Waals surface area contributed by atoms with Crippen molar-refractivity contribution in [2.75, 3.05) is 5.32 Å². The first kappa shape index (κ1) is 12.0. The van der Waals surface area contributed by atoms with Crippen molar-refractivity contribution in [1.82, 2.24) is 4.98 Å². The second-order valence-corrected chi connectivity index (χ2v) is 5.32. The highest BCUT2D eigenvalue weighted by atomic mass is 32.1. The molecule has 2 aromatic heterocycles. The Labute approximate surface area is 115 Å². The van der Waals surface area contributed by atoms with E-state index in [1.165, 1.54) is 5.56 Å². The number of benzene rings is 1. The molecule has 0 atom stereocenters. The van der Waals surface area contributed by atoms with Crippen LogP contribution in [0.2, 0.25) is 0 Å². The first-order chi connectivity index (χ1) is 9.22. The van der Waals surface area contributed by atoms with E-state index in [0.717, 1.165) is 27.8 Å². The molecule has 0 radical (unpaired) electrons. The first-order valence-electron chi connectivity index (χ1n) is 6.06. The number of aromatic nitrogens is 1. The number of hydrogen-bond acceptors (Lipinski definition) is 4. The summed E-state index contributed by atoms with van der Waals surface area (Å²) in [6.45, 7) is 4.09. The van der Waals surface area contributed by atoms with E-state index in [2.05, 4.69) is 29.4 Å². The van der Waals surface area contributed by atoms with E-state index in [4.69, 9.17) is 4.42 Å². The highest BCUT2D eigenvalue weighted by molar-refractivity contribution is 7.14. The van der Waals surface area contributed by atoms with Gasteiger partial charge >= 0.3 is 0 Å². The number of rotatable bonds is 3. The molecule has 0 aliphatic carbocycles. The van der Waals surface area contributed by atoms with E-state index in [-0.39, 0.29) is 0 Å². The van der Waals surface area contributed by atoms with Gasteiger partial charge in [-0.3, -0.25) is 0 Å². The number of furan rings is 1. The quantitative estimate of drug-likeness (QED) is 0.745. The van der Waals surface area contributed by atoms with E-state index < -0.39 is 0 Å². The van der Waals surface area contributed by atoms with Crippen LogP contribution in [0.4, 0.5) is 10.8 Å². The zero-order valence-corrected chi connectivity index (χ0v) is 11.6. The highest BCUT2D eigenvalue weighted by Gasteiger charge is 2.10. The highest BCUT2D eigenvalue weighted by Crippen LogP contribution is 2.29. The fourth-order valence-corrected chi connectivity index (χ4v) is 2.63. The Kier molecular flexibility index (Phi) is 3.09. The molecule has 0 spiro atoms. The Morgan fingerprint density at radius 3 is 2.84 bits per heavy atom. The topological polar surface area (TPSA) is 38.1 Å². The molecular weight excluding hydrogens is 256 g/mol. The van der Waals surface area contributed by atoms with Crippen molar-refractivity contribution >= 4 is 22.2 Å². The summed E-state index contributed by atoms with van der Waals surface area (Å²) >= 11 is 1.57. The first-order valence-corrected chi connectivity index (χ1v) is 6.94. The Morgan fingerprint density at radius 2 is 2.11 bits per heavy atom. The SMILES string of the molecule is Cc1cccc(Nc2nc(-c3occc3C)cs2)c1. The fourth-order valence-electron chi connectivity index (χ4n) is 1.92. The summed E-state index contributed by atoms with van der Waals surface area (Å²) in [5.74, 6) is 0.841. The molecule has 0 saturated carbocycles. The van der Waals surface area contributed by atoms with Gasteiger partial charge in [0.05, 0.1) is 6.26 Å². The minimum absolute atomic E-state index is 0.841. The molecule has 0 amide bonds. The van der Waals surface area contributed by atoms with Gasteiger partial charge in [-0.15, -0.1) is 11.3 Å². The summed E-state index contributed by atoms with van der Waals surface area (Å²) in [4.78, 5) is 4.55. The number of thiazole rings is 1. The average Bonchev–Trinajstić information content (AvgIpc) is 2.98. The van der Waals surface area contributed by atoms with Gasteiger partial charge in [0, 0.05) is 11.1 Å². The van der Waals surface area contributed by atoms with Gasteiger partial charge in [-0.1, -0.05) is 12.1 Å². The Hall–Kier alpha value is -2.07. The summed E-state index contributed by atoms with van der Waals surface area (Å²) in [7, 11) is 0. The van der Waals surface area contributed by atoms with Crippen molar-refractivity contribution in [3.63, 3.8) is 0 Å². The fraction of sp³-hybridized carbons (Fsp3) is 0.133. The van der Waals surface area contributed by atoms with E-state index in [1.807, 2.05) is 30.5 Å². The van der Waals surface area contributed by atoms with Crippen LogP contribution in [0.15, 0.2) is 46.4 Å². The van der Waals surface area contributed by atoms with Crippen molar-refractivity contribution in [1.29, 1.82) is 0 Å². The largest absolute Gasteiger partial charge is 0.462 e. The van der Waals surface area contributed by atoms with Crippen LogP contribution in [0.25, 0.3) is 11.5 Å². The molecule has 0 aliphatic rings. The van der Waals surface area contributed by atoms with E-state index >= 15 is 0 Å². The Bertz CT molecular complexity index is 700. The van der Waals surface area contributed by atoms with Gasteiger partial charge in [-0.25, -0.2) is 4.98 Å². The van der Waals surface area contributed by atoms with Crippen LogP contribution in [-0.2, 0) is 0 Å². The Morgan fingerprint density at radius 1 is 1.21 bits per heavy atom. The number of hydrogen-bond donors (Lipinski definition) is 1. The minimum Gasteiger partial charge on any atom is -0.462 e. The van der Waals surface area contributed by atoms with Crippen LogP contribution in [0, 0.1) is 13.8 Å². The number of aryl methyl sites for hydroxylation is 2. The molecular formula is C15H14N2OS. The molecule has 0 bridgehead atoms. The van der Waals surface area contributed by atoms with Crippen LogP contribution in [0.1, 0.15) is 11.1 Å². The van der Waals surface area contributed by atoms with E-state index in [1.54, 1.807) is 17.6 Å². The van der Waals surface area contributed by atoms with Gasteiger partial charge < -0.3 is 9.73 Å². The molecule has 4 heteroatoms. The summed E-state index contributed by atoms with van der Waals surface area (Å²) in [5, 5.41) is 6.19. The third kappa shape index (κ3) is 2.53. The minimum atomic E-state index is 0.841. The lowest BCUT2D eigenvalue weighted by Crippen LogP contribution is -1.89. The third-order valence-electron chi connectivity index (χ3n) is 2.87. The molecule has 2 heterocycles. The molecule has 3 aromatic rings. The smallest absolute Gasteiger partial charge is 0.187 e. The zero-order chi connectivity index (χ0) is 13.2. The molecule has 19 heavy (non-hydrogen) atoms. The molecule has 3 rings (SSSR count). The molecule has 0 aliphatic heterocycles. The lowest BCUT2D eigenvalue weighted by Gasteiger charge is -2.02. The second-order valence-electron chi connectivity index (χ2n) is 4.47. The predicted molar refractivity (Wildman–Crippen MR) is 79.0 cm³/mol. The van der Waals surface area contributed by atoms with Gasteiger partial charge in [-0.2, -0.15) is 0 Å². The summed E-state index contributed by atoms with van der Waals surface area (Å²) in [6, 6.07) is 10.2. The summed E-state index contributed by atoms with van der Waals surface area (Å²) in [6.07, 6.45) is 1.69. The molecule has 1 aromatic carbocycles. The van der Waals surface area contributed by atoms with Crippen molar-refractivity contribution in [2.45, 2.75) is 13.8 Å². The lowest BCUT2D eigenvalue weighted by atomic mass is 10.2. The van der Waals surface area contributed by atoms with Gasteiger partial charge in [-0.05, 0) is 43.2 Å². The Balaban J connectivity index is 1.84. The van der Waals surface area contributed by atoms with Crippen LogP contribution < -0.4 is 5.32 Å². The average molecular weight is 270 g/mol. The molecule has 96 valence electrons. The van der Waals surface area contributed by atoms with Crippen molar-refractivity contribution in [3.8, 4) is 11.5 Å². The van der Waals surface area contributed by atoms with Gasteiger partial charge in [0.1, 0.15) is 5.69 Å². The second kappa shape index (κ2) is 4.90. The molecule has 0 fully saturated rings. The molecule has 0 saturated heterocycles. The van der Waals surface area contributed by atoms with Crippen molar-refractivity contribution < 1.29 is 4.42 Å². The molecule has 3 nitrogen and oxygen atoms in total. The van der Waals surface area contributed by atoms with Crippen LogP contribution in [0.5, 0.6) is 0 Å². The maximum absolute atomic E-state index is 5.45. The predicted octanol–water partition coefficient (Wildman–Crippen LogP) is 4.76. The van der Waals surface area contributed by atoms with Crippen LogP contribution in [-0.4, -0.2) is 4.98 Å². The maximum Gasteiger partial charge on any atom is 0.187 e. The van der Waals surface area contributed by atoms with Gasteiger partial charge in [0.15, 0.2) is 10.9 Å². The van der Waals surface area contributed by atoms with Gasteiger partial charge in [0.2, 0.25) is 0 Å². The van der Waals surface area contributed by atoms with Gasteiger partial charge in [0.25, 0.3) is 0 Å². The van der Waals surface area contributed by atoms with Crippen LogP contribution >= 0.6 is 11.3 Å². The van der Waals surface area contributed by atoms with Crippen molar-refractivity contribution in [2.24, 2.45) is 0 Å². The summed E-state index contributed by atoms with van der Waals surface area (Å²) in [5.41, 5.74) is 4.26. The molecule has 1 N–H and O–H groups in total. The standard InChI is InChI=1S/C15H14N2OS/c1-10-4-3-5-12(8-10)16-15-17-13(9-19-15)14-11(2)6-7-18-14/h3-9H,1-2H3,(H,16,17). The number of nitrogens with zero attached hydrogens (tertiary/aromatic N) is 1. The summed E-state index contributed by atoms with van der Waals surface area (Å²) < 4.78 is 5.45. The number of anilines is 2.